The van der Waals surface area contributed by atoms with Crippen molar-refractivity contribution in [2.45, 2.75) is 52.0 Å². The van der Waals surface area contributed by atoms with Gasteiger partial charge in [-0.1, -0.05) is 32.0 Å². The van der Waals surface area contributed by atoms with Crippen LogP contribution in [0.2, 0.25) is 0 Å². The number of carboxylic acid groups (broad SMARTS) is 1. The summed E-state index contributed by atoms with van der Waals surface area (Å²) in [5.74, 6) is -0.950. The largest absolute Gasteiger partial charge is 0.478 e. The van der Waals surface area contributed by atoms with Gasteiger partial charge in [0, 0.05) is 42.3 Å². The number of benzene rings is 1. The van der Waals surface area contributed by atoms with E-state index in [1.54, 1.807) is 22.6 Å². The molecule has 172 valence electrons. The molecular formula is C27H31N3O3. The number of aryl methyl sites for hydroxylation is 1. The van der Waals surface area contributed by atoms with Gasteiger partial charge in [-0.05, 0) is 61.8 Å². The molecule has 6 heteroatoms. The van der Waals surface area contributed by atoms with Crippen LogP contribution >= 0.6 is 0 Å². The first-order chi connectivity index (χ1) is 15.7. The first kappa shape index (κ1) is 21.6. The number of carbonyl (C=O) groups is 1. The number of hydrogen-bond acceptors (Lipinski definition) is 4. The van der Waals surface area contributed by atoms with E-state index in [0.29, 0.717) is 11.1 Å². The smallest absolute Gasteiger partial charge is 0.337 e. The predicted molar refractivity (Wildman–Crippen MR) is 132 cm³/mol. The summed E-state index contributed by atoms with van der Waals surface area (Å²) in [7, 11) is 0. The minimum atomic E-state index is -0.950. The minimum Gasteiger partial charge on any atom is -0.478 e. The maximum Gasteiger partial charge on any atom is 0.337 e. The van der Waals surface area contributed by atoms with E-state index in [2.05, 4.69) is 36.2 Å². The Bertz CT molecular complexity index is 1290. The molecule has 1 aromatic carbocycles. The first-order valence-corrected chi connectivity index (χ1v) is 11.7. The fraction of sp³-hybridized carbons (Fsp3) is 0.407. The maximum atomic E-state index is 13.2. The second-order valence-electron chi connectivity index (χ2n) is 10.4. The van der Waals surface area contributed by atoms with Crippen LogP contribution in [0.25, 0.3) is 5.52 Å². The predicted octanol–water partition coefficient (Wildman–Crippen LogP) is 5.03. The lowest BCUT2D eigenvalue weighted by molar-refractivity contribution is 0.0698. The third-order valence-corrected chi connectivity index (χ3v) is 7.31. The van der Waals surface area contributed by atoms with Crippen molar-refractivity contribution >= 4 is 22.9 Å². The van der Waals surface area contributed by atoms with Gasteiger partial charge in [-0.2, -0.15) is 0 Å². The van der Waals surface area contributed by atoms with Gasteiger partial charge in [0.25, 0.3) is 5.56 Å². The second-order valence-corrected chi connectivity index (χ2v) is 10.4. The van der Waals surface area contributed by atoms with Crippen molar-refractivity contribution in [1.29, 1.82) is 0 Å². The highest BCUT2D eigenvalue weighted by Gasteiger charge is 2.46. The van der Waals surface area contributed by atoms with E-state index in [9.17, 15) is 14.7 Å². The van der Waals surface area contributed by atoms with Crippen molar-refractivity contribution in [2.24, 2.45) is 5.41 Å². The lowest BCUT2D eigenvalue weighted by Gasteiger charge is -2.38. The molecule has 0 radical (unpaired) electrons. The van der Waals surface area contributed by atoms with Gasteiger partial charge in [-0.15, -0.1) is 0 Å². The van der Waals surface area contributed by atoms with Crippen molar-refractivity contribution in [3.05, 3.63) is 75.7 Å². The van der Waals surface area contributed by atoms with E-state index in [4.69, 9.17) is 0 Å². The molecule has 6 nitrogen and oxygen atoms in total. The van der Waals surface area contributed by atoms with Crippen LogP contribution in [0.15, 0.2) is 53.5 Å². The number of aromatic carboxylic acids is 1. The lowest BCUT2D eigenvalue weighted by atomic mass is 9.82. The molecule has 2 N–H and O–H groups in total. The van der Waals surface area contributed by atoms with E-state index in [1.165, 1.54) is 0 Å². The van der Waals surface area contributed by atoms with Crippen molar-refractivity contribution in [3.63, 3.8) is 0 Å². The Hall–Kier alpha value is -3.28. The molecule has 0 amide bonds. The number of aromatic nitrogens is 1. The van der Waals surface area contributed by atoms with Crippen LogP contribution < -0.4 is 15.8 Å². The number of nitrogens with zero attached hydrogens (tertiary/aromatic N) is 2. The topological polar surface area (TPSA) is 74.0 Å². The number of para-hydroxylation sites is 1. The molecule has 3 heterocycles. The highest BCUT2D eigenvalue weighted by atomic mass is 16.4. The molecule has 0 atom stereocenters. The van der Waals surface area contributed by atoms with Crippen LogP contribution in [-0.4, -0.2) is 28.6 Å². The number of fused-ring (bicyclic) bond motifs is 1. The zero-order valence-corrected chi connectivity index (χ0v) is 19.5. The third kappa shape index (κ3) is 3.99. The average Bonchev–Trinajstić information content (AvgIpc) is 3.54. The number of piperidine rings is 1. The van der Waals surface area contributed by atoms with Crippen LogP contribution in [0.1, 0.15) is 61.0 Å². The molecule has 0 unspecified atom stereocenters. The van der Waals surface area contributed by atoms with Crippen molar-refractivity contribution < 1.29 is 9.90 Å². The summed E-state index contributed by atoms with van der Waals surface area (Å²) in [5, 5.41) is 13.2. The Balaban J connectivity index is 1.59. The van der Waals surface area contributed by atoms with E-state index < -0.39 is 5.97 Å². The third-order valence-electron chi connectivity index (χ3n) is 7.31. The van der Waals surface area contributed by atoms with Gasteiger partial charge in [0.05, 0.1) is 16.6 Å². The molecule has 2 aliphatic rings. The fourth-order valence-electron chi connectivity index (χ4n) is 5.01. The Morgan fingerprint density at radius 3 is 2.39 bits per heavy atom. The second kappa shape index (κ2) is 7.65. The zero-order chi connectivity index (χ0) is 23.4. The molecule has 5 rings (SSSR count). The molecule has 1 aliphatic heterocycles. The molecule has 1 saturated heterocycles. The molecule has 0 spiro atoms. The molecule has 1 aliphatic carbocycles. The van der Waals surface area contributed by atoms with E-state index >= 15 is 0 Å². The summed E-state index contributed by atoms with van der Waals surface area (Å²) < 4.78 is 1.74. The minimum absolute atomic E-state index is 0.0287. The normalized spacial score (nSPS) is 18.8. The summed E-state index contributed by atoms with van der Waals surface area (Å²) in [4.78, 5) is 27.2. The summed E-state index contributed by atoms with van der Waals surface area (Å²) in [6.45, 7) is 8.49. The summed E-state index contributed by atoms with van der Waals surface area (Å²) in [5.41, 5.74) is 4.73. The van der Waals surface area contributed by atoms with Crippen LogP contribution in [0.4, 0.5) is 11.4 Å². The monoisotopic (exact) mass is 445 g/mol. The quantitative estimate of drug-likeness (QED) is 0.576. The molecule has 0 bridgehead atoms. The van der Waals surface area contributed by atoms with Crippen LogP contribution in [0, 0.1) is 12.3 Å². The van der Waals surface area contributed by atoms with Crippen molar-refractivity contribution in [2.75, 3.05) is 23.3 Å². The highest BCUT2D eigenvalue weighted by molar-refractivity contribution is 5.94. The summed E-state index contributed by atoms with van der Waals surface area (Å²) in [6.07, 6.45) is 5.87. The number of anilines is 2. The van der Waals surface area contributed by atoms with Gasteiger partial charge in [-0.3, -0.25) is 9.20 Å². The van der Waals surface area contributed by atoms with Crippen LogP contribution in [0.3, 0.4) is 0 Å². The molecule has 2 aromatic heterocycles. The number of rotatable bonds is 5. The highest BCUT2D eigenvalue weighted by Crippen LogP contribution is 2.50. The Labute approximate surface area is 193 Å². The molecule has 2 fully saturated rings. The Morgan fingerprint density at radius 2 is 1.73 bits per heavy atom. The van der Waals surface area contributed by atoms with Crippen LogP contribution in [0.5, 0.6) is 0 Å². The summed E-state index contributed by atoms with van der Waals surface area (Å²) >= 11 is 0. The number of hydrogen-bond donors (Lipinski definition) is 2. The zero-order valence-electron chi connectivity index (χ0n) is 19.5. The Morgan fingerprint density at radius 1 is 1.03 bits per heavy atom. The fourth-order valence-corrected chi connectivity index (χ4v) is 5.01. The molecule has 33 heavy (non-hydrogen) atoms. The van der Waals surface area contributed by atoms with Gasteiger partial charge in [0.1, 0.15) is 0 Å². The molecule has 3 aromatic rings. The SMILES string of the molecule is Cc1cc(C2(Nc3ccccc3C(=O)O)CC2)c2cc(N3CCC(C)(C)CC3)cc(=O)n2c1. The van der Waals surface area contributed by atoms with Gasteiger partial charge >= 0.3 is 5.97 Å². The number of carboxylic acids is 1. The average molecular weight is 446 g/mol. The van der Waals surface area contributed by atoms with Gasteiger partial charge < -0.3 is 15.3 Å². The number of pyridine rings is 2. The summed E-state index contributed by atoms with van der Waals surface area (Å²) in [6, 6.07) is 13.0. The number of nitrogens with one attached hydrogen (secondary N) is 1. The Kier molecular flexibility index (Phi) is 5.00. The van der Waals surface area contributed by atoms with Crippen molar-refractivity contribution in [1.82, 2.24) is 4.40 Å². The molecule has 1 saturated carbocycles. The van der Waals surface area contributed by atoms with Gasteiger partial charge in [0.15, 0.2) is 0 Å². The van der Waals surface area contributed by atoms with Gasteiger partial charge in [0.2, 0.25) is 0 Å². The molecular weight excluding hydrogens is 414 g/mol. The van der Waals surface area contributed by atoms with Gasteiger partial charge in [-0.25, -0.2) is 4.79 Å². The maximum absolute atomic E-state index is 13.2. The lowest BCUT2D eigenvalue weighted by Crippen LogP contribution is -2.38. The van der Waals surface area contributed by atoms with Crippen molar-refractivity contribution in [3.8, 4) is 0 Å². The first-order valence-electron chi connectivity index (χ1n) is 11.7. The van der Waals surface area contributed by atoms with E-state index in [-0.39, 0.29) is 16.7 Å². The standard InChI is InChI=1S/C27H31N3O3/c1-18-14-21(27(8-9-27)28-22-7-5-4-6-20(22)25(32)33)23-15-19(16-24(31)30(23)17-18)29-12-10-26(2,3)11-13-29/h4-7,14-17,28H,8-13H2,1-3H3,(H,32,33). The van der Waals surface area contributed by atoms with E-state index in [1.807, 2.05) is 25.3 Å². The van der Waals surface area contributed by atoms with E-state index in [0.717, 1.165) is 61.1 Å². The van der Waals surface area contributed by atoms with Crippen LogP contribution in [-0.2, 0) is 5.54 Å².